The van der Waals surface area contributed by atoms with Crippen LogP contribution in [0.1, 0.15) is 42.5 Å². The highest BCUT2D eigenvalue weighted by atomic mass is 79.9. The average Bonchev–Trinajstić information content (AvgIpc) is 3.03. The Morgan fingerprint density at radius 3 is 2.38 bits per heavy atom. The van der Waals surface area contributed by atoms with Crippen molar-refractivity contribution in [2.24, 2.45) is 20.0 Å². The third-order valence-electron chi connectivity index (χ3n) is 4.74. The lowest BCUT2D eigenvalue weighted by atomic mass is 9.98. The number of benzene rings is 1. The van der Waals surface area contributed by atoms with Crippen molar-refractivity contribution in [2.75, 3.05) is 0 Å². The predicted octanol–water partition coefficient (Wildman–Crippen LogP) is 4.66. The minimum absolute atomic E-state index is 0.0240. The maximum atomic E-state index is 12.1. The molecule has 1 aromatic heterocycles. The first-order chi connectivity index (χ1) is 9.99. The molecule has 5 heteroatoms. The monoisotopic (exact) mass is 414 g/mol. The van der Waals surface area contributed by atoms with Crippen LogP contribution in [0.5, 0.6) is 0 Å². The van der Waals surface area contributed by atoms with E-state index in [1.54, 1.807) is 9.13 Å². The van der Waals surface area contributed by atoms with Crippen LogP contribution in [0.4, 0.5) is 0 Å². The number of fused-ring (bicyclic) bond motifs is 1. The summed E-state index contributed by atoms with van der Waals surface area (Å²) in [6.07, 6.45) is 6.62. The molecule has 0 bridgehead atoms. The fourth-order valence-corrected chi connectivity index (χ4v) is 5.26. The molecule has 0 radical (unpaired) electrons. The molecule has 1 aliphatic carbocycles. The fraction of sp³-hybridized carbons (Fsp3) is 0.562. The highest BCUT2D eigenvalue weighted by Crippen LogP contribution is 2.40. The van der Waals surface area contributed by atoms with Gasteiger partial charge in [-0.3, -0.25) is 9.13 Å². The van der Waals surface area contributed by atoms with Gasteiger partial charge >= 0.3 is 5.69 Å². The molecule has 2 aromatic rings. The minimum atomic E-state index is 0.0240. The van der Waals surface area contributed by atoms with Crippen molar-refractivity contribution in [3.63, 3.8) is 0 Å². The minimum Gasteiger partial charge on any atom is -0.295 e. The van der Waals surface area contributed by atoms with Gasteiger partial charge in [0.2, 0.25) is 0 Å². The lowest BCUT2D eigenvalue weighted by molar-refractivity contribution is 0.501. The number of alkyl halides is 1. The Balaban J connectivity index is 2.00. The van der Waals surface area contributed by atoms with Crippen LogP contribution in [-0.4, -0.2) is 9.13 Å². The second-order valence-corrected chi connectivity index (χ2v) is 8.08. The Labute approximate surface area is 141 Å². The number of aryl methyl sites for hydroxylation is 2. The summed E-state index contributed by atoms with van der Waals surface area (Å²) in [7, 11) is 3.66. The molecule has 0 N–H and O–H groups in total. The summed E-state index contributed by atoms with van der Waals surface area (Å²) in [4.78, 5) is 12.4. The third-order valence-corrected chi connectivity index (χ3v) is 6.30. The molecule has 21 heavy (non-hydrogen) atoms. The summed E-state index contributed by atoms with van der Waals surface area (Å²) < 4.78 is 4.50. The number of hydrogen-bond donors (Lipinski definition) is 0. The zero-order valence-corrected chi connectivity index (χ0v) is 15.6. The van der Waals surface area contributed by atoms with Gasteiger partial charge in [-0.15, -0.1) is 0 Å². The van der Waals surface area contributed by atoms with Gasteiger partial charge in [-0.2, -0.15) is 0 Å². The normalized spacial score (nSPS) is 17.7. The molecule has 3 rings (SSSR count). The Hall–Kier alpha value is -0.550. The van der Waals surface area contributed by atoms with Crippen LogP contribution in [0.25, 0.3) is 11.0 Å². The van der Waals surface area contributed by atoms with Crippen molar-refractivity contribution in [3.05, 3.63) is 32.7 Å². The zero-order valence-electron chi connectivity index (χ0n) is 12.4. The van der Waals surface area contributed by atoms with E-state index in [0.29, 0.717) is 4.83 Å². The summed E-state index contributed by atoms with van der Waals surface area (Å²) in [5.74, 6) is 0.830. The highest BCUT2D eigenvalue weighted by Gasteiger charge is 2.22. The molecule has 0 aliphatic heterocycles. The van der Waals surface area contributed by atoms with Crippen LogP contribution in [0, 0.1) is 5.92 Å². The van der Waals surface area contributed by atoms with E-state index in [-0.39, 0.29) is 5.69 Å². The van der Waals surface area contributed by atoms with E-state index in [1.165, 1.54) is 37.7 Å². The van der Waals surface area contributed by atoms with Gasteiger partial charge in [0.1, 0.15) is 0 Å². The van der Waals surface area contributed by atoms with E-state index in [4.69, 9.17) is 0 Å². The number of imidazole rings is 1. The summed E-state index contributed by atoms with van der Waals surface area (Å²) in [6.45, 7) is 0. The first kappa shape index (κ1) is 15.3. The van der Waals surface area contributed by atoms with E-state index in [9.17, 15) is 4.79 Å². The quantitative estimate of drug-likeness (QED) is 0.670. The molecular weight excluding hydrogens is 396 g/mol. The van der Waals surface area contributed by atoms with E-state index < -0.39 is 0 Å². The largest absolute Gasteiger partial charge is 0.328 e. The van der Waals surface area contributed by atoms with E-state index in [1.807, 2.05) is 14.1 Å². The Morgan fingerprint density at radius 1 is 1.19 bits per heavy atom. The van der Waals surface area contributed by atoms with Gasteiger partial charge in [-0.05, 0) is 30.0 Å². The van der Waals surface area contributed by atoms with Crippen LogP contribution in [0.3, 0.4) is 0 Å². The van der Waals surface area contributed by atoms with Crippen LogP contribution in [0.2, 0.25) is 0 Å². The van der Waals surface area contributed by atoms with Gasteiger partial charge in [0.15, 0.2) is 0 Å². The van der Waals surface area contributed by atoms with Crippen LogP contribution in [-0.2, 0) is 14.1 Å². The van der Waals surface area contributed by atoms with Gasteiger partial charge in [0.25, 0.3) is 0 Å². The van der Waals surface area contributed by atoms with Gasteiger partial charge in [0.05, 0.1) is 11.0 Å². The molecule has 1 aliphatic rings. The van der Waals surface area contributed by atoms with Crippen molar-refractivity contribution in [1.29, 1.82) is 0 Å². The standard InChI is InChI=1S/C16H20Br2N2O/c1-19-14-8-11(12(17)7-10-5-3-4-6-10)13(18)9-15(14)20(2)16(19)21/h8-10,12H,3-7H2,1-2H3. The first-order valence-electron chi connectivity index (χ1n) is 7.48. The smallest absolute Gasteiger partial charge is 0.295 e. The molecule has 1 atom stereocenters. The van der Waals surface area contributed by atoms with Gasteiger partial charge in [-0.25, -0.2) is 4.79 Å². The summed E-state index contributed by atoms with van der Waals surface area (Å²) in [5.41, 5.74) is 3.24. The topological polar surface area (TPSA) is 26.9 Å². The van der Waals surface area contributed by atoms with Crippen molar-refractivity contribution in [1.82, 2.24) is 9.13 Å². The van der Waals surface area contributed by atoms with E-state index >= 15 is 0 Å². The van der Waals surface area contributed by atoms with Crippen molar-refractivity contribution in [3.8, 4) is 0 Å². The van der Waals surface area contributed by atoms with E-state index in [2.05, 4.69) is 44.0 Å². The Morgan fingerprint density at radius 2 is 1.76 bits per heavy atom. The first-order valence-corrected chi connectivity index (χ1v) is 9.19. The lowest BCUT2D eigenvalue weighted by Crippen LogP contribution is -2.19. The number of hydrogen-bond acceptors (Lipinski definition) is 1. The SMILES string of the molecule is Cn1c(=O)n(C)c2cc(C(Br)CC3CCCC3)c(Br)cc21. The predicted molar refractivity (Wildman–Crippen MR) is 94.1 cm³/mol. The fourth-order valence-electron chi connectivity index (χ4n) is 3.44. The zero-order chi connectivity index (χ0) is 15.1. The van der Waals surface area contributed by atoms with Gasteiger partial charge in [0, 0.05) is 23.4 Å². The van der Waals surface area contributed by atoms with Crippen LogP contribution >= 0.6 is 31.9 Å². The summed E-state index contributed by atoms with van der Waals surface area (Å²) in [5, 5.41) is 0. The average molecular weight is 416 g/mol. The molecule has 0 saturated heterocycles. The molecule has 1 heterocycles. The number of aromatic nitrogens is 2. The molecule has 3 nitrogen and oxygen atoms in total. The van der Waals surface area contributed by atoms with E-state index in [0.717, 1.165) is 21.4 Å². The van der Waals surface area contributed by atoms with Crippen LogP contribution < -0.4 is 5.69 Å². The van der Waals surface area contributed by atoms with Crippen molar-refractivity contribution in [2.45, 2.75) is 36.9 Å². The second kappa shape index (κ2) is 5.92. The van der Waals surface area contributed by atoms with Crippen LogP contribution in [0.15, 0.2) is 21.4 Å². The van der Waals surface area contributed by atoms with Gasteiger partial charge < -0.3 is 0 Å². The molecule has 1 saturated carbocycles. The molecule has 0 amide bonds. The maximum absolute atomic E-state index is 12.1. The highest BCUT2D eigenvalue weighted by molar-refractivity contribution is 9.11. The molecule has 1 fully saturated rings. The summed E-state index contributed by atoms with van der Waals surface area (Å²) >= 11 is 7.54. The number of nitrogens with zero attached hydrogens (tertiary/aromatic N) is 2. The molecule has 1 unspecified atom stereocenters. The van der Waals surface area contributed by atoms with Crippen molar-refractivity contribution >= 4 is 42.9 Å². The Kier molecular flexibility index (Phi) is 4.33. The number of rotatable bonds is 3. The van der Waals surface area contributed by atoms with Gasteiger partial charge in [-0.1, -0.05) is 57.5 Å². The lowest BCUT2D eigenvalue weighted by Gasteiger charge is -2.17. The molecule has 114 valence electrons. The Bertz CT molecular complexity index is 726. The molecule has 0 spiro atoms. The maximum Gasteiger partial charge on any atom is 0.328 e. The van der Waals surface area contributed by atoms with Crippen molar-refractivity contribution < 1.29 is 0 Å². The third kappa shape index (κ3) is 2.74. The summed E-state index contributed by atoms with van der Waals surface area (Å²) in [6, 6.07) is 4.21. The molecular formula is C16H20Br2N2O. The molecule has 1 aromatic carbocycles. The second-order valence-electron chi connectivity index (χ2n) is 6.12. The number of halogens is 2.